The molecule has 2 rings (SSSR count). The van der Waals surface area contributed by atoms with E-state index in [0.29, 0.717) is 12.8 Å². The number of benzene rings is 2. The molecule has 4 nitrogen and oxygen atoms in total. The number of aldehydes is 1. The summed E-state index contributed by atoms with van der Waals surface area (Å²) in [5.41, 5.74) is 20.1. The van der Waals surface area contributed by atoms with Gasteiger partial charge < -0.3 is 22.0 Å². The van der Waals surface area contributed by atoms with Crippen LogP contribution in [0.25, 0.3) is 0 Å². The van der Waals surface area contributed by atoms with Gasteiger partial charge in [0.2, 0.25) is 0 Å². The van der Waals surface area contributed by atoms with Crippen molar-refractivity contribution < 1.29 is 4.79 Å². The normalized spacial score (nSPS) is 15.0. The zero-order chi connectivity index (χ0) is 17.6. The molecule has 0 aromatic heterocycles. The van der Waals surface area contributed by atoms with Crippen LogP contribution in [0.2, 0.25) is 0 Å². The largest absolute Gasteiger partial charge is 0.326 e. The molecule has 2 aromatic carbocycles. The summed E-state index contributed by atoms with van der Waals surface area (Å²) in [7, 11) is 0. The minimum Gasteiger partial charge on any atom is -0.326 e. The molecule has 127 valence electrons. The standard InChI is InChI=1S/C20H26N3O/c1-20(14-21,18-9-5-8-17(11-18)19(22)23)12-16(13-24)10-15-6-3-2-4-7-15/h2-9,11,13-14,16,19H,10,12,21-23H2,1H3. The van der Waals surface area contributed by atoms with Crippen LogP contribution in [0.3, 0.4) is 0 Å². The molecule has 2 aromatic rings. The Labute approximate surface area is 144 Å². The number of rotatable bonds is 8. The van der Waals surface area contributed by atoms with E-state index in [4.69, 9.17) is 17.2 Å². The van der Waals surface area contributed by atoms with Crippen molar-refractivity contribution in [2.24, 2.45) is 23.1 Å². The fourth-order valence-electron chi connectivity index (χ4n) is 3.01. The molecule has 0 saturated heterocycles. The number of nitrogens with two attached hydrogens (primary N) is 3. The molecule has 24 heavy (non-hydrogen) atoms. The van der Waals surface area contributed by atoms with E-state index in [1.54, 1.807) is 6.54 Å². The molecule has 4 heteroatoms. The van der Waals surface area contributed by atoms with Crippen LogP contribution in [0.15, 0.2) is 54.6 Å². The topological polar surface area (TPSA) is 95.1 Å². The zero-order valence-electron chi connectivity index (χ0n) is 14.1. The van der Waals surface area contributed by atoms with E-state index < -0.39 is 11.6 Å². The fraction of sp³-hybridized carbons (Fsp3) is 0.300. The molecule has 0 saturated carbocycles. The lowest BCUT2D eigenvalue weighted by Crippen LogP contribution is -2.31. The van der Waals surface area contributed by atoms with Crippen molar-refractivity contribution in [2.75, 3.05) is 0 Å². The van der Waals surface area contributed by atoms with E-state index in [2.05, 4.69) is 0 Å². The lowest BCUT2D eigenvalue weighted by atomic mass is 9.74. The van der Waals surface area contributed by atoms with E-state index in [1.807, 2.05) is 61.5 Å². The van der Waals surface area contributed by atoms with Gasteiger partial charge in [-0.1, -0.05) is 61.5 Å². The first-order chi connectivity index (χ1) is 11.5. The van der Waals surface area contributed by atoms with Crippen molar-refractivity contribution >= 4 is 6.29 Å². The molecule has 0 aliphatic heterocycles. The maximum absolute atomic E-state index is 11.6. The van der Waals surface area contributed by atoms with Crippen molar-refractivity contribution in [3.05, 3.63) is 77.8 Å². The molecule has 0 bridgehead atoms. The summed E-state index contributed by atoms with van der Waals surface area (Å²) in [4.78, 5) is 11.6. The van der Waals surface area contributed by atoms with E-state index in [9.17, 15) is 4.79 Å². The third kappa shape index (κ3) is 4.51. The lowest BCUT2D eigenvalue weighted by Gasteiger charge is -2.31. The molecule has 2 atom stereocenters. The molecule has 6 N–H and O–H groups in total. The van der Waals surface area contributed by atoms with E-state index >= 15 is 0 Å². The fourth-order valence-corrected chi connectivity index (χ4v) is 3.01. The lowest BCUT2D eigenvalue weighted by molar-refractivity contribution is -0.111. The van der Waals surface area contributed by atoms with Crippen LogP contribution in [0.1, 0.15) is 36.2 Å². The van der Waals surface area contributed by atoms with E-state index in [1.165, 1.54) is 0 Å². The molecule has 0 aliphatic rings. The third-order valence-corrected chi connectivity index (χ3v) is 4.52. The first kappa shape index (κ1) is 18.3. The molecule has 0 amide bonds. The Morgan fingerprint density at radius 2 is 1.79 bits per heavy atom. The second kappa shape index (κ2) is 8.20. The predicted octanol–water partition coefficient (Wildman–Crippen LogP) is 2.43. The van der Waals surface area contributed by atoms with Gasteiger partial charge in [0, 0.05) is 17.9 Å². The molecule has 1 radical (unpaired) electrons. The third-order valence-electron chi connectivity index (χ3n) is 4.52. The van der Waals surface area contributed by atoms with Gasteiger partial charge in [-0.05, 0) is 29.5 Å². The van der Waals surface area contributed by atoms with Crippen LogP contribution in [0.5, 0.6) is 0 Å². The molecule has 0 heterocycles. The molecule has 0 spiro atoms. The Morgan fingerprint density at radius 3 is 2.38 bits per heavy atom. The average molecular weight is 324 g/mol. The highest BCUT2D eigenvalue weighted by atomic mass is 16.1. The van der Waals surface area contributed by atoms with Gasteiger partial charge in [0.15, 0.2) is 0 Å². The smallest absolute Gasteiger partial charge is 0.123 e. The predicted molar refractivity (Wildman–Crippen MR) is 97.7 cm³/mol. The Bertz CT molecular complexity index is 657. The minimum atomic E-state index is -0.529. The van der Waals surface area contributed by atoms with Gasteiger partial charge in [0.25, 0.3) is 0 Å². The summed E-state index contributed by atoms with van der Waals surface area (Å²) in [5.74, 6) is -0.118. The second-order valence-electron chi connectivity index (χ2n) is 6.53. The Balaban J connectivity index is 2.21. The van der Waals surface area contributed by atoms with Gasteiger partial charge >= 0.3 is 0 Å². The summed E-state index contributed by atoms with van der Waals surface area (Å²) >= 11 is 0. The summed E-state index contributed by atoms with van der Waals surface area (Å²) in [5, 5.41) is 0. The molecule has 2 unspecified atom stereocenters. The first-order valence-corrected chi connectivity index (χ1v) is 8.15. The summed E-state index contributed by atoms with van der Waals surface area (Å²) < 4.78 is 0. The van der Waals surface area contributed by atoms with Gasteiger partial charge in [-0.25, -0.2) is 0 Å². The molecule has 0 aliphatic carbocycles. The second-order valence-corrected chi connectivity index (χ2v) is 6.53. The Hall–Kier alpha value is -2.01. The van der Waals surface area contributed by atoms with E-state index in [-0.39, 0.29) is 5.92 Å². The minimum absolute atomic E-state index is 0.118. The Morgan fingerprint density at radius 1 is 1.08 bits per heavy atom. The summed E-state index contributed by atoms with van der Waals surface area (Å²) in [6.45, 7) is 3.70. The maximum atomic E-state index is 11.6. The highest BCUT2D eigenvalue weighted by molar-refractivity contribution is 5.55. The van der Waals surface area contributed by atoms with Gasteiger partial charge in [0.05, 0.1) is 6.17 Å². The Kier molecular flexibility index (Phi) is 6.26. The number of hydrogen-bond acceptors (Lipinski definition) is 4. The highest BCUT2D eigenvalue weighted by Crippen LogP contribution is 2.33. The van der Waals surface area contributed by atoms with Crippen LogP contribution in [0, 0.1) is 12.5 Å². The highest BCUT2D eigenvalue weighted by Gasteiger charge is 2.29. The number of hydrogen-bond donors (Lipinski definition) is 3. The van der Waals surface area contributed by atoms with Gasteiger partial charge in [-0.15, -0.1) is 0 Å². The van der Waals surface area contributed by atoms with Crippen LogP contribution >= 0.6 is 0 Å². The van der Waals surface area contributed by atoms with Crippen molar-refractivity contribution in [1.82, 2.24) is 0 Å². The van der Waals surface area contributed by atoms with Crippen molar-refractivity contribution in [2.45, 2.75) is 31.3 Å². The van der Waals surface area contributed by atoms with Crippen LogP contribution in [-0.2, 0) is 16.6 Å². The average Bonchev–Trinajstić information content (AvgIpc) is 2.62. The molecular weight excluding hydrogens is 298 g/mol. The van der Waals surface area contributed by atoms with Crippen molar-refractivity contribution in [3.8, 4) is 0 Å². The maximum Gasteiger partial charge on any atom is 0.123 e. The SMILES string of the molecule is CC([CH]N)(CC(C=O)Cc1ccccc1)c1cccc(C(N)N)c1. The zero-order valence-corrected chi connectivity index (χ0v) is 14.1. The van der Waals surface area contributed by atoms with Crippen LogP contribution < -0.4 is 17.2 Å². The van der Waals surface area contributed by atoms with Crippen LogP contribution in [0.4, 0.5) is 0 Å². The number of carbonyl (C=O) groups excluding carboxylic acids is 1. The van der Waals surface area contributed by atoms with Gasteiger partial charge in [-0.3, -0.25) is 0 Å². The van der Waals surface area contributed by atoms with Gasteiger partial charge in [-0.2, -0.15) is 0 Å². The quantitative estimate of drug-likeness (QED) is 0.513. The summed E-state index contributed by atoms with van der Waals surface area (Å²) in [6.07, 6.45) is 1.82. The first-order valence-electron chi connectivity index (χ1n) is 8.15. The van der Waals surface area contributed by atoms with Crippen molar-refractivity contribution in [1.29, 1.82) is 0 Å². The van der Waals surface area contributed by atoms with Crippen molar-refractivity contribution in [3.63, 3.8) is 0 Å². The summed E-state index contributed by atoms with van der Waals surface area (Å²) in [6, 6.07) is 17.8. The van der Waals surface area contributed by atoms with Gasteiger partial charge in [0.1, 0.15) is 6.29 Å². The monoisotopic (exact) mass is 324 g/mol. The molecular formula is C20H26N3O. The van der Waals surface area contributed by atoms with Crippen LogP contribution in [-0.4, -0.2) is 6.29 Å². The molecule has 0 fully saturated rings. The number of carbonyl (C=O) groups is 1. The van der Waals surface area contributed by atoms with E-state index in [0.717, 1.165) is 23.0 Å².